The summed E-state index contributed by atoms with van der Waals surface area (Å²) in [6.07, 6.45) is 0. The van der Waals surface area contributed by atoms with Gasteiger partial charge in [0.1, 0.15) is 0 Å². The average molecular weight is 328 g/mol. The summed E-state index contributed by atoms with van der Waals surface area (Å²) < 4.78 is 20.7. The van der Waals surface area contributed by atoms with Crippen LogP contribution in [0, 0.1) is 0 Å². The van der Waals surface area contributed by atoms with Gasteiger partial charge in [-0.25, -0.2) is 0 Å². The molecule has 0 amide bonds. The zero-order chi connectivity index (χ0) is 15.2. The van der Waals surface area contributed by atoms with Crippen molar-refractivity contribution in [3.05, 3.63) is 72.3 Å². The van der Waals surface area contributed by atoms with Crippen LogP contribution in [0.3, 0.4) is 0 Å². The van der Waals surface area contributed by atoms with Gasteiger partial charge in [0, 0.05) is 4.90 Å². The molecule has 3 aromatic rings. The van der Waals surface area contributed by atoms with Crippen LogP contribution >= 0.6 is 22.4 Å². The van der Waals surface area contributed by atoms with Gasteiger partial charge in [0.25, 0.3) is 0 Å². The molecule has 1 heterocycles. The highest BCUT2D eigenvalue weighted by Crippen LogP contribution is 2.62. The summed E-state index contributed by atoms with van der Waals surface area (Å²) >= 11 is 1.73. The third kappa shape index (κ3) is 2.32. The van der Waals surface area contributed by atoms with Crippen molar-refractivity contribution in [3.8, 4) is 0 Å². The highest BCUT2D eigenvalue weighted by molar-refractivity contribution is 8.25. The molecule has 22 heavy (non-hydrogen) atoms. The second-order valence-electron chi connectivity index (χ2n) is 5.46. The van der Waals surface area contributed by atoms with Crippen LogP contribution in [0.1, 0.15) is 10.8 Å². The summed E-state index contributed by atoms with van der Waals surface area (Å²) in [4.78, 5) is 1.91. The summed E-state index contributed by atoms with van der Waals surface area (Å²) in [7, 11) is -2.65. The number of rotatable bonds is 2. The van der Waals surface area contributed by atoms with Gasteiger partial charge in [-0.2, -0.15) is 10.6 Å². The van der Waals surface area contributed by atoms with Gasteiger partial charge in [0.15, 0.2) is 0 Å². The molecule has 4 heteroatoms. The van der Waals surface area contributed by atoms with Gasteiger partial charge in [0.05, 0.1) is 15.9 Å². The number of hydrogen-bond donors (Lipinski definition) is 2. The molecule has 2 nitrogen and oxygen atoms in total. The van der Waals surface area contributed by atoms with Crippen molar-refractivity contribution in [2.45, 2.75) is 15.0 Å². The Hall–Kier alpha value is -1.46. The number of hydrogen-bond acceptors (Lipinski definition) is 3. The molecule has 0 bridgehead atoms. The molecule has 1 atom stereocenters. The Balaban J connectivity index is 1.75. The fourth-order valence-electron chi connectivity index (χ4n) is 2.98. The highest BCUT2D eigenvalue weighted by atomic mass is 32.3. The van der Waals surface area contributed by atoms with E-state index in [0.29, 0.717) is 10.6 Å². The van der Waals surface area contributed by atoms with Crippen molar-refractivity contribution in [2.75, 3.05) is 5.75 Å². The zero-order valence-electron chi connectivity index (χ0n) is 11.8. The maximum Gasteiger partial charge on any atom is 0.0628 e. The minimum absolute atomic E-state index is 0.0898. The van der Waals surface area contributed by atoms with Crippen LogP contribution in [0.25, 0.3) is 10.8 Å². The Morgan fingerprint density at radius 2 is 1.59 bits per heavy atom. The van der Waals surface area contributed by atoms with Crippen LogP contribution < -0.4 is 0 Å². The van der Waals surface area contributed by atoms with Crippen molar-refractivity contribution < 1.29 is 9.11 Å². The van der Waals surface area contributed by atoms with Crippen LogP contribution in [0.4, 0.5) is 0 Å². The first kappa shape index (κ1) is 14.2. The van der Waals surface area contributed by atoms with Crippen molar-refractivity contribution in [1.82, 2.24) is 0 Å². The highest BCUT2D eigenvalue weighted by Gasteiger charge is 2.35. The molecule has 0 aliphatic carbocycles. The third-order valence-corrected chi connectivity index (χ3v) is 7.42. The molecule has 2 N–H and O–H groups in total. The lowest BCUT2D eigenvalue weighted by Gasteiger charge is -2.27. The van der Waals surface area contributed by atoms with Gasteiger partial charge in [-0.05, 0) is 28.5 Å². The Kier molecular flexibility index (Phi) is 3.42. The van der Waals surface area contributed by atoms with Gasteiger partial charge in [0.2, 0.25) is 0 Å². The van der Waals surface area contributed by atoms with E-state index in [9.17, 15) is 9.11 Å². The molecule has 4 rings (SSSR count). The molecule has 0 saturated heterocycles. The first-order chi connectivity index (χ1) is 10.6. The predicted octanol–water partition coefficient (Wildman–Crippen LogP) is 5.80. The van der Waals surface area contributed by atoms with E-state index < -0.39 is 10.6 Å². The van der Waals surface area contributed by atoms with Crippen molar-refractivity contribution in [3.63, 3.8) is 0 Å². The standard InChI is InChI=1S/C18H16O2S2/c19-22(20)12-17(15-9-3-4-11-18(15)22)21-16-10-5-7-13-6-1-2-8-14(13)16/h1-11,17,19-20H,12H2. The molecule has 1 aliphatic rings. The van der Waals surface area contributed by atoms with Gasteiger partial charge in [-0.15, -0.1) is 11.8 Å². The van der Waals surface area contributed by atoms with E-state index in [0.717, 1.165) is 5.56 Å². The zero-order valence-corrected chi connectivity index (χ0v) is 13.5. The molecular formula is C18H16O2S2. The van der Waals surface area contributed by atoms with Gasteiger partial charge < -0.3 is 0 Å². The normalized spacial score (nSPS) is 20.7. The average Bonchev–Trinajstić information content (AvgIpc) is 2.79. The molecule has 112 valence electrons. The second-order valence-corrected chi connectivity index (χ2v) is 8.81. The van der Waals surface area contributed by atoms with E-state index in [-0.39, 0.29) is 5.25 Å². The summed E-state index contributed by atoms with van der Waals surface area (Å²) in [5.74, 6) is 0.403. The quantitative estimate of drug-likeness (QED) is 0.625. The van der Waals surface area contributed by atoms with E-state index in [1.165, 1.54) is 15.7 Å². The predicted molar refractivity (Wildman–Crippen MR) is 95.0 cm³/mol. The Bertz CT molecular complexity index is 840. The van der Waals surface area contributed by atoms with Gasteiger partial charge >= 0.3 is 0 Å². The topological polar surface area (TPSA) is 40.5 Å². The van der Waals surface area contributed by atoms with E-state index in [4.69, 9.17) is 0 Å². The van der Waals surface area contributed by atoms with E-state index in [1.807, 2.05) is 36.4 Å². The largest absolute Gasteiger partial charge is 0.295 e. The molecule has 0 aromatic heterocycles. The van der Waals surface area contributed by atoms with Crippen LogP contribution in [0.2, 0.25) is 0 Å². The maximum absolute atomic E-state index is 10.3. The summed E-state index contributed by atoms with van der Waals surface area (Å²) in [6, 6.07) is 22.3. The van der Waals surface area contributed by atoms with Crippen LogP contribution in [0.5, 0.6) is 0 Å². The summed E-state index contributed by atoms with van der Waals surface area (Å²) in [5, 5.41) is 2.52. The lowest BCUT2D eigenvalue weighted by molar-refractivity contribution is 0.492. The fraction of sp³-hybridized carbons (Fsp3) is 0.111. The van der Waals surface area contributed by atoms with E-state index >= 15 is 0 Å². The Labute approximate surface area is 135 Å². The smallest absolute Gasteiger partial charge is 0.0628 e. The summed E-state index contributed by atoms with van der Waals surface area (Å²) in [5.41, 5.74) is 1.06. The first-order valence-corrected chi connectivity index (χ1v) is 9.74. The second kappa shape index (κ2) is 5.32. The number of fused-ring (bicyclic) bond motifs is 2. The molecule has 1 unspecified atom stereocenters. The maximum atomic E-state index is 10.3. The summed E-state index contributed by atoms with van der Waals surface area (Å²) in [6.45, 7) is 0. The lowest BCUT2D eigenvalue weighted by atomic mass is 10.1. The van der Waals surface area contributed by atoms with Crippen molar-refractivity contribution in [2.24, 2.45) is 0 Å². The molecule has 0 saturated carbocycles. The molecule has 0 radical (unpaired) electrons. The Morgan fingerprint density at radius 1 is 0.864 bits per heavy atom. The van der Waals surface area contributed by atoms with Crippen LogP contribution in [-0.4, -0.2) is 14.9 Å². The van der Waals surface area contributed by atoms with Gasteiger partial charge in [-0.1, -0.05) is 54.6 Å². The lowest BCUT2D eigenvalue weighted by Crippen LogP contribution is -1.98. The van der Waals surface area contributed by atoms with Crippen LogP contribution in [0.15, 0.2) is 76.5 Å². The SMILES string of the molecule is OS1(O)CC(Sc2cccc3ccccc23)c2ccccc21. The van der Waals surface area contributed by atoms with Crippen molar-refractivity contribution in [1.29, 1.82) is 0 Å². The van der Waals surface area contributed by atoms with E-state index in [1.54, 1.807) is 11.8 Å². The first-order valence-electron chi connectivity index (χ1n) is 7.14. The molecule has 1 aliphatic heterocycles. The molecular weight excluding hydrogens is 312 g/mol. The third-order valence-electron chi connectivity index (χ3n) is 4.02. The fourth-order valence-corrected chi connectivity index (χ4v) is 6.67. The molecule has 0 spiro atoms. The van der Waals surface area contributed by atoms with E-state index in [2.05, 4.69) is 30.3 Å². The number of benzene rings is 3. The van der Waals surface area contributed by atoms with Gasteiger partial charge in [-0.3, -0.25) is 9.11 Å². The molecule has 3 aromatic carbocycles. The van der Waals surface area contributed by atoms with Crippen LogP contribution in [-0.2, 0) is 0 Å². The minimum Gasteiger partial charge on any atom is -0.295 e. The minimum atomic E-state index is -2.65. The van der Waals surface area contributed by atoms with Crippen molar-refractivity contribution >= 4 is 33.1 Å². The monoisotopic (exact) mass is 328 g/mol. The molecule has 0 fully saturated rings. The number of thioether (sulfide) groups is 1. The Morgan fingerprint density at radius 3 is 2.50 bits per heavy atom.